The SMILES string of the molecule is C=CC(c1ccccc1)(N(CC)CC)C(C)(C)[SiH3]. The molecule has 0 heterocycles. The van der Waals surface area contributed by atoms with Crippen molar-refractivity contribution in [1.29, 1.82) is 0 Å². The Morgan fingerprint density at radius 3 is 2.00 bits per heavy atom. The molecule has 1 aromatic carbocycles. The van der Waals surface area contributed by atoms with Gasteiger partial charge in [-0.2, -0.15) is 0 Å². The molecule has 1 atom stereocenters. The highest BCUT2D eigenvalue weighted by molar-refractivity contribution is 6.16. The molecule has 0 aliphatic rings. The standard InChI is InChI=1S/C16H27NSi/c1-6-16(15(4,5)18,17(7-2)8-3)14-12-10-9-11-13-14/h6,9-13H,1,7-8H2,2-5,18H3. The van der Waals surface area contributed by atoms with Crippen molar-refractivity contribution in [2.75, 3.05) is 13.1 Å². The van der Waals surface area contributed by atoms with Crippen LogP contribution < -0.4 is 0 Å². The first kappa shape index (κ1) is 15.2. The highest BCUT2D eigenvalue weighted by Crippen LogP contribution is 2.48. The van der Waals surface area contributed by atoms with Crippen LogP contribution >= 0.6 is 0 Å². The zero-order chi connectivity index (χ0) is 13.8. The molecule has 1 rings (SSSR count). The van der Waals surface area contributed by atoms with Gasteiger partial charge in [-0.15, -0.1) is 6.58 Å². The van der Waals surface area contributed by atoms with E-state index in [4.69, 9.17) is 0 Å². The fourth-order valence-electron chi connectivity index (χ4n) is 3.06. The number of rotatable bonds is 6. The molecule has 1 nitrogen and oxygen atoms in total. The molecule has 0 radical (unpaired) electrons. The van der Waals surface area contributed by atoms with Crippen LogP contribution in [0.5, 0.6) is 0 Å². The van der Waals surface area contributed by atoms with Crippen molar-refractivity contribution < 1.29 is 0 Å². The summed E-state index contributed by atoms with van der Waals surface area (Å²) in [4.78, 5) is 2.53. The lowest BCUT2D eigenvalue weighted by atomic mass is 9.77. The molecule has 0 aliphatic heterocycles. The lowest BCUT2D eigenvalue weighted by Gasteiger charge is -2.50. The molecule has 0 N–H and O–H groups in total. The zero-order valence-electron chi connectivity index (χ0n) is 12.5. The van der Waals surface area contributed by atoms with Crippen LogP contribution in [-0.4, -0.2) is 28.2 Å². The van der Waals surface area contributed by atoms with Crippen LogP contribution in [0.15, 0.2) is 43.0 Å². The van der Waals surface area contributed by atoms with Crippen LogP contribution in [0.25, 0.3) is 0 Å². The Morgan fingerprint density at radius 2 is 1.67 bits per heavy atom. The van der Waals surface area contributed by atoms with Gasteiger partial charge in [0.1, 0.15) is 0 Å². The lowest BCUT2D eigenvalue weighted by Crippen LogP contribution is -2.51. The summed E-state index contributed by atoms with van der Waals surface area (Å²) in [6.07, 6.45) is 2.16. The molecule has 0 amide bonds. The second-order valence-electron chi connectivity index (χ2n) is 5.76. The molecule has 0 spiro atoms. The summed E-state index contributed by atoms with van der Waals surface area (Å²) in [6, 6.07) is 10.8. The van der Waals surface area contributed by atoms with Crippen molar-refractivity contribution in [3.63, 3.8) is 0 Å². The van der Waals surface area contributed by atoms with Gasteiger partial charge in [-0.1, -0.05) is 64.1 Å². The van der Waals surface area contributed by atoms with Crippen molar-refractivity contribution >= 4 is 10.2 Å². The second kappa shape index (κ2) is 5.85. The third kappa shape index (κ3) is 2.45. The van der Waals surface area contributed by atoms with Crippen LogP contribution in [0.1, 0.15) is 33.3 Å². The highest BCUT2D eigenvalue weighted by atomic mass is 28.1. The molecule has 0 aliphatic carbocycles. The van der Waals surface area contributed by atoms with E-state index < -0.39 is 0 Å². The van der Waals surface area contributed by atoms with E-state index in [0.717, 1.165) is 23.3 Å². The number of likely N-dealkylation sites (N-methyl/N-ethyl adjacent to an activating group) is 1. The van der Waals surface area contributed by atoms with Crippen molar-refractivity contribution in [3.05, 3.63) is 48.6 Å². The van der Waals surface area contributed by atoms with Gasteiger partial charge in [-0.3, -0.25) is 4.90 Å². The van der Waals surface area contributed by atoms with Crippen molar-refractivity contribution in [2.24, 2.45) is 0 Å². The van der Waals surface area contributed by atoms with Gasteiger partial charge in [0.05, 0.1) is 5.54 Å². The molecule has 0 bridgehead atoms. The predicted molar refractivity (Wildman–Crippen MR) is 85.2 cm³/mol. The summed E-state index contributed by atoms with van der Waals surface area (Å²) in [7, 11) is 1.12. The highest BCUT2D eigenvalue weighted by Gasteiger charge is 2.44. The first-order chi connectivity index (χ1) is 8.44. The first-order valence-electron chi connectivity index (χ1n) is 6.88. The van der Waals surface area contributed by atoms with Gasteiger partial charge in [0.2, 0.25) is 0 Å². The molecule has 18 heavy (non-hydrogen) atoms. The van der Waals surface area contributed by atoms with Crippen LogP contribution in [-0.2, 0) is 5.54 Å². The van der Waals surface area contributed by atoms with Gasteiger partial charge in [-0.05, 0) is 23.7 Å². The largest absolute Gasteiger partial charge is 0.291 e. The second-order valence-corrected chi connectivity index (χ2v) is 8.26. The maximum absolute atomic E-state index is 4.17. The smallest absolute Gasteiger partial charge is 0.0661 e. The van der Waals surface area contributed by atoms with E-state index in [1.165, 1.54) is 5.56 Å². The van der Waals surface area contributed by atoms with Crippen LogP contribution in [0, 0.1) is 0 Å². The molecule has 0 fully saturated rings. The molecular formula is C16H27NSi. The monoisotopic (exact) mass is 261 g/mol. The molecule has 100 valence electrons. The topological polar surface area (TPSA) is 3.24 Å². The minimum Gasteiger partial charge on any atom is -0.291 e. The van der Waals surface area contributed by atoms with E-state index in [1.54, 1.807) is 0 Å². The van der Waals surface area contributed by atoms with Gasteiger partial charge >= 0.3 is 0 Å². The minimum atomic E-state index is -0.0516. The third-order valence-electron chi connectivity index (χ3n) is 3.91. The van der Waals surface area contributed by atoms with E-state index in [2.05, 4.69) is 75.6 Å². The van der Waals surface area contributed by atoms with Crippen molar-refractivity contribution in [2.45, 2.75) is 38.3 Å². The minimum absolute atomic E-state index is 0.0516. The maximum atomic E-state index is 4.17. The predicted octanol–water partition coefficient (Wildman–Crippen LogP) is 2.97. The third-order valence-corrected chi connectivity index (χ3v) is 4.68. The Labute approximate surface area is 115 Å². The fourth-order valence-corrected chi connectivity index (χ4v) is 3.87. The quantitative estimate of drug-likeness (QED) is 0.562. The molecule has 0 aromatic heterocycles. The summed E-state index contributed by atoms with van der Waals surface area (Å²) in [5.74, 6) is 0. The van der Waals surface area contributed by atoms with Crippen molar-refractivity contribution in [1.82, 2.24) is 4.90 Å². The Bertz CT molecular complexity index is 376. The molecule has 1 aromatic rings. The van der Waals surface area contributed by atoms with Gasteiger partial charge in [-0.25, -0.2) is 0 Å². The Kier molecular flexibility index (Phi) is 4.94. The molecule has 1 unspecified atom stereocenters. The average molecular weight is 261 g/mol. The van der Waals surface area contributed by atoms with E-state index in [1.807, 2.05) is 0 Å². The fraction of sp³-hybridized carbons (Fsp3) is 0.500. The number of hydrogen-bond donors (Lipinski definition) is 0. The molecule has 0 saturated carbocycles. The normalized spacial score (nSPS) is 15.6. The van der Waals surface area contributed by atoms with Gasteiger partial charge in [0.15, 0.2) is 0 Å². The van der Waals surface area contributed by atoms with Crippen LogP contribution in [0.2, 0.25) is 5.04 Å². The summed E-state index contributed by atoms with van der Waals surface area (Å²) in [6.45, 7) is 15.4. The summed E-state index contributed by atoms with van der Waals surface area (Å²) < 4.78 is 0. The molecular weight excluding hydrogens is 234 g/mol. The van der Waals surface area contributed by atoms with E-state index in [-0.39, 0.29) is 10.6 Å². The lowest BCUT2D eigenvalue weighted by molar-refractivity contribution is 0.106. The van der Waals surface area contributed by atoms with Gasteiger partial charge in [0.25, 0.3) is 0 Å². The maximum Gasteiger partial charge on any atom is 0.0661 e. The van der Waals surface area contributed by atoms with Gasteiger partial charge in [0, 0.05) is 10.2 Å². The zero-order valence-corrected chi connectivity index (χ0v) is 14.5. The number of benzene rings is 1. The molecule has 0 saturated heterocycles. The Balaban J connectivity index is 3.46. The Hall–Kier alpha value is -0.863. The first-order valence-corrected chi connectivity index (χ1v) is 7.88. The van der Waals surface area contributed by atoms with E-state index in [0.29, 0.717) is 0 Å². The number of hydrogen-bond acceptors (Lipinski definition) is 1. The van der Waals surface area contributed by atoms with Crippen LogP contribution in [0.3, 0.4) is 0 Å². The van der Waals surface area contributed by atoms with Gasteiger partial charge < -0.3 is 0 Å². The van der Waals surface area contributed by atoms with E-state index in [9.17, 15) is 0 Å². The average Bonchev–Trinajstić information content (AvgIpc) is 2.35. The summed E-state index contributed by atoms with van der Waals surface area (Å²) in [5, 5.41) is 0.238. The van der Waals surface area contributed by atoms with Crippen molar-refractivity contribution in [3.8, 4) is 0 Å². The van der Waals surface area contributed by atoms with Crippen LogP contribution in [0.4, 0.5) is 0 Å². The Morgan fingerprint density at radius 1 is 1.17 bits per heavy atom. The summed E-state index contributed by atoms with van der Waals surface area (Å²) in [5.41, 5.74) is 1.31. The van der Waals surface area contributed by atoms with E-state index >= 15 is 0 Å². The molecule has 2 heteroatoms. The summed E-state index contributed by atoms with van der Waals surface area (Å²) >= 11 is 0. The number of nitrogens with zero attached hydrogens (tertiary/aromatic N) is 1.